The molecule has 1 aromatic rings. The van der Waals surface area contributed by atoms with Crippen molar-refractivity contribution in [1.29, 1.82) is 0 Å². The minimum absolute atomic E-state index is 0.111. The lowest BCUT2D eigenvalue weighted by Gasteiger charge is -2.27. The van der Waals surface area contributed by atoms with Gasteiger partial charge >= 0.3 is 6.03 Å². The van der Waals surface area contributed by atoms with Crippen LogP contribution in [-0.2, 0) is 4.74 Å². The number of carbonyl (C=O) groups excluding carboxylic acids is 1. The molecule has 0 bridgehead atoms. The van der Waals surface area contributed by atoms with E-state index >= 15 is 0 Å². The van der Waals surface area contributed by atoms with Gasteiger partial charge in [0.2, 0.25) is 0 Å². The fourth-order valence-corrected chi connectivity index (χ4v) is 2.59. The van der Waals surface area contributed by atoms with E-state index in [1.165, 1.54) is 0 Å². The van der Waals surface area contributed by atoms with E-state index in [1.54, 1.807) is 12.1 Å². The lowest BCUT2D eigenvalue weighted by Crippen LogP contribution is -2.43. The van der Waals surface area contributed by atoms with Gasteiger partial charge in [0.1, 0.15) is 0 Å². The monoisotopic (exact) mass is 325 g/mol. The Labute approximate surface area is 137 Å². The molecule has 2 rings (SSSR count). The maximum atomic E-state index is 12.5. The summed E-state index contributed by atoms with van der Waals surface area (Å²) in [6.45, 7) is 2.90. The van der Waals surface area contributed by atoms with Gasteiger partial charge in [0.05, 0.1) is 6.10 Å². The Morgan fingerprint density at radius 1 is 1.41 bits per heavy atom. The first-order valence-corrected chi connectivity index (χ1v) is 8.00. The van der Waals surface area contributed by atoms with Gasteiger partial charge < -0.3 is 19.9 Å². The van der Waals surface area contributed by atoms with Crippen LogP contribution in [0.1, 0.15) is 12.8 Å². The van der Waals surface area contributed by atoms with Crippen molar-refractivity contribution in [2.75, 3.05) is 45.7 Å². The Balaban J connectivity index is 1.97. The van der Waals surface area contributed by atoms with Gasteiger partial charge in [-0.3, -0.25) is 0 Å². The Morgan fingerprint density at radius 3 is 2.86 bits per heavy atom. The first kappa shape index (κ1) is 17.1. The van der Waals surface area contributed by atoms with Crippen molar-refractivity contribution in [2.45, 2.75) is 18.9 Å². The quantitative estimate of drug-likeness (QED) is 0.874. The van der Waals surface area contributed by atoms with E-state index in [4.69, 9.17) is 16.3 Å². The molecule has 5 nitrogen and oxygen atoms in total. The van der Waals surface area contributed by atoms with Crippen LogP contribution in [0.15, 0.2) is 24.3 Å². The predicted octanol–water partition coefficient (Wildman–Crippen LogP) is 2.91. The summed E-state index contributed by atoms with van der Waals surface area (Å²) in [5.74, 6) is 0. The predicted molar refractivity (Wildman–Crippen MR) is 89.6 cm³/mol. The van der Waals surface area contributed by atoms with E-state index in [-0.39, 0.29) is 12.1 Å². The molecule has 1 heterocycles. The summed E-state index contributed by atoms with van der Waals surface area (Å²) in [4.78, 5) is 16.4. The minimum atomic E-state index is -0.111. The molecule has 1 aliphatic heterocycles. The standard InChI is InChI=1S/C16H24ClN3O2/c1-19(2)8-9-20(12-15-7-4-10-22-15)16(21)18-14-6-3-5-13(17)11-14/h3,5-6,11,15H,4,7-10,12H2,1-2H3,(H,18,21). The Morgan fingerprint density at radius 2 is 2.23 bits per heavy atom. The van der Waals surface area contributed by atoms with Crippen molar-refractivity contribution in [3.63, 3.8) is 0 Å². The third-order valence-corrected chi connectivity index (χ3v) is 3.86. The van der Waals surface area contributed by atoms with Crippen LogP contribution in [0.4, 0.5) is 10.5 Å². The fourth-order valence-electron chi connectivity index (χ4n) is 2.40. The highest BCUT2D eigenvalue weighted by atomic mass is 35.5. The number of hydrogen-bond acceptors (Lipinski definition) is 3. The van der Waals surface area contributed by atoms with Crippen molar-refractivity contribution in [1.82, 2.24) is 9.80 Å². The average Bonchev–Trinajstić information content (AvgIpc) is 2.96. The van der Waals surface area contributed by atoms with Gasteiger partial charge in [-0.2, -0.15) is 0 Å². The molecular weight excluding hydrogens is 302 g/mol. The number of nitrogens with one attached hydrogen (secondary N) is 1. The largest absolute Gasteiger partial charge is 0.376 e. The van der Waals surface area contributed by atoms with Crippen molar-refractivity contribution < 1.29 is 9.53 Å². The Hall–Kier alpha value is -1.30. The maximum absolute atomic E-state index is 12.5. The number of nitrogens with zero attached hydrogens (tertiary/aromatic N) is 2. The summed E-state index contributed by atoms with van der Waals surface area (Å²) in [6, 6.07) is 7.07. The molecule has 1 aromatic carbocycles. The minimum Gasteiger partial charge on any atom is -0.376 e. The van der Waals surface area contributed by atoms with E-state index in [1.807, 2.05) is 31.1 Å². The second kappa shape index (κ2) is 8.36. The van der Waals surface area contributed by atoms with Gasteiger partial charge in [-0.1, -0.05) is 17.7 Å². The topological polar surface area (TPSA) is 44.8 Å². The number of halogens is 1. The van der Waals surface area contributed by atoms with Gasteiger partial charge in [0, 0.05) is 37.0 Å². The van der Waals surface area contributed by atoms with Crippen LogP contribution in [-0.4, -0.2) is 62.3 Å². The summed E-state index contributed by atoms with van der Waals surface area (Å²) < 4.78 is 5.65. The molecule has 1 fully saturated rings. The van der Waals surface area contributed by atoms with Crippen LogP contribution in [0, 0.1) is 0 Å². The number of anilines is 1. The molecular formula is C16H24ClN3O2. The van der Waals surface area contributed by atoms with Gasteiger partial charge in [-0.15, -0.1) is 0 Å². The van der Waals surface area contributed by atoms with Crippen molar-refractivity contribution in [2.24, 2.45) is 0 Å². The molecule has 0 radical (unpaired) electrons. The number of likely N-dealkylation sites (N-methyl/N-ethyl adjacent to an activating group) is 1. The lowest BCUT2D eigenvalue weighted by atomic mass is 10.2. The lowest BCUT2D eigenvalue weighted by molar-refractivity contribution is 0.0820. The molecule has 1 N–H and O–H groups in total. The maximum Gasteiger partial charge on any atom is 0.321 e. The van der Waals surface area contributed by atoms with Crippen LogP contribution in [0.25, 0.3) is 0 Å². The zero-order valence-corrected chi connectivity index (χ0v) is 14.0. The van der Waals surface area contributed by atoms with E-state index < -0.39 is 0 Å². The number of ether oxygens (including phenoxy) is 1. The van der Waals surface area contributed by atoms with Gasteiger partial charge in [0.15, 0.2) is 0 Å². The molecule has 0 aromatic heterocycles. The summed E-state index contributed by atoms with van der Waals surface area (Å²) in [6.07, 6.45) is 2.23. The molecule has 1 saturated heterocycles. The number of benzene rings is 1. The zero-order valence-electron chi connectivity index (χ0n) is 13.2. The number of hydrogen-bond donors (Lipinski definition) is 1. The average molecular weight is 326 g/mol. The molecule has 1 atom stereocenters. The van der Waals surface area contributed by atoms with E-state index in [0.29, 0.717) is 23.8 Å². The van der Waals surface area contributed by atoms with E-state index in [2.05, 4.69) is 10.2 Å². The number of amides is 2. The second-order valence-electron chi connectivity index (χ2n) is 5.82. The number of urea groups is 1. The summed E-state index contributed by atoms with van der Waals surface area (Å²) in [5.41, 5.74) is 0.708. The van der Waals surface area contributed by atoms with Crippen LogP contribution in [0.3, 0.4) is 0 Å². The highest BCUT2D eigenvalue weighted by Crippen LogP contribution is 2.17. The fraction of sp³-hybridized carbons (Fsp3) is 0.562. The van der Waals surface area contributed by atoms with Gasteiger partial charge in [-0.25, -0.2) is 4.79 Å². The van der Waals surface area contributed by atoms with Gasteiger partial charge in [-0.05, 0) is 45.1 Å². The third kappa shape index (κ3) is 5.48. The first-order valence-electron chi connectivity index (χ1n) is 7.62. The van der Waals surface area contributed by atoms with Crippen LogP contribution >= 0.6 is 11.6 Å². The van der Waals surface area contributed by atoms with Crippen LogP contribution in [0.2, 0.25) is 5.02 Å². The summed E-state index contributed by atoms with van der Waals surface area (Å²) in [5, 5.41) is 3.52. The summed E-state index contributed by atoms with van der Waals surface area (Å²) >= 11 is 5.96. The summed E-state index contributed by atoms with van der Waals surface area (Å²) in [7, 11) is 4.00. The molecule has 0 spiro atoms. The molecule has 1 unspecified atom stereocenters. The molecule has 2 amide bonds. The Kier molecular flexibility index (Phi) is 6.49. The molecule has 122 valence electrons. The normalized spacial score (nSPS) is 17.7. The highest BCUT2D eigenvalue weighted by Gasteiger charge is 2.22. The van der Waals surface area contributed by atoms with Crippen LogP contribution in [0.5, 0.6) is 0 Å². The van der Waals surface area contributed by atoms with E-state index in [9.17, 15) is 4.79 Å². The van der Waals surface area contributed by atoms with Crippen molar-refractivity contribution in [3.05, 3.63) is 29.3 Å². The molecule has 6 heteroatoms. The number of rotatable bonds is 6. The van der Waals surface area contributed by atoms with Crippen molar-refractivity contribution in [3.8, 4) is 0 Å². The third-order valence-electron chi connectivity index (χ3n) is 3.63. The zero-order chi connectivity index (χ0) is 15.9. The van der Waals surface area contributed by atoms with Gasteiger partial charge in [0.25, 0.3) is 0 Å². The first-order chi connectivity index (χ1) is 10.5. The van der Waals surface area contributed by atoms with Crippen molar-refractivity contribution >= 4 is 23.3 Å². The second-order valence-corrected chi connectivity index (χ2v) is 6.26. The molecule has 1 aliphatic rings. The van der Waals surface area contributed by atoms with Crippen LogP contribution < -0.4 is 5.32 Å². The number of carbonyl (C=O) groups is 1. The molecule has 22 heavy (non-hydrogen) atoms. The van der Waals surface area contributed by atoms with E-state index in [0.717, 1.165) is 26.0 Å². The molecule has 0 saturated carbocycles. The highest BCUT2D eigenvalue weighted by molar-refractivity contribution is 6.30. The smallest absolute Gasteiger partial charge is 0.321 e. The Bertz CT molecular complexity index is 490. The molecule has 0 aliphatic carbocycles. The SMILES string of the molecule is CN(C)CCN(CC1CCCO1)C(=O)Nc1cccc(Cl)c1.